The third kappa shape index (κ3) is 3.80. The highest BCUT2D eigenvalue weighted by molar-refractivity contribution is 6.74. The molecule has 1 aliphatic heterocycles. The molecule has 2 atom stereocenters. The Balaban J connectivity index is 2.47. The molecule has 0 saturated carbocycles. The first kappa shape index (κ1) is 15.7. The van der Waals surface area contributed by atoms with Crippen LogP contribution >= 0.6 is 0 Å². The number of ether oxygens (including phenoxy) is 2. The van der Waals surface area contributed by atoms with E-state index in [0.29, 0.717) is 13.0 Å². The highest BCUT2D eigenvalue weighted by Gasteiger charge is 2.40. The van der Waals surface area contributed by atoms with Crippen LogP contribution in [-0.2, 0) is 18.7 Å². The number of carbonyl (C=O) groups excluding carboxylic acids is 1. The Kier molecular flexibility index (Phi) is 4.97. The molecule has 0 aromatic heterocycles. The molecule has 0 N–H and O–H groups in total. The Hall–Kier alpha value is -0.393. The average Bonchev–Trinajstić information content (AvgIpc) is 2.27. The highest BCUT2D eigenvalue weighted by Crippen LogP contribution is 2.38. The number of hydrogen-bond acceptors (Lipinski definition) is 4. The molecule has 1 aliphatic rings. The van der Waals surface area contributed by atoms with Gasteiger partial charge in [0.1, 0.15) is 0 Å². The van der Waals surface area contributed by atoms with Crippen LogP contribution in [0.4, 0.5) is 0 Å². The highest BCUT2D eigenvalue weighted by atomic mass is 28.4. The quantitative estimate of drug-likeness (QED) is 0.586. The molecule has 0 aromatic carbocycles. The first-order valence-electron chi connectivity index (χ1n) is 6.54. The van der Waals surface area contributed by atoms with E-state index >= 15 is 0 Å². The first-order chi connectivity index (χ1) is 8.17. The second-order valence-corrected chi connectivity index (χ2v) is 11.2. The molecule has 0 aliphatic carbocycles. The van der Waals surface area contributed by atoms with E-state index in [1.165, 1.54) is 7.11 Å². The molecule has 5 heteroatoms. The molecule has 4 nitrogen and oxygen atoms in total. The minimum absolute atomic E-state index is 0.117. The fourth-order valence-electron chi connectivity index (χ4n) is 1.73. The van der Waals surface area contributed by atoms with Crippen molar-refractivity contribution in [2.45, 2.75) is 64.0 Å². The van der Waals surface area contributed by atoms with E-state index in [4.69, 9.17) is 9.16 Å². The zero-order valence-corrected chi connectivity index (χ0v) is 13.4. The summed E-state index contributed by atoms with van der Waals surface area (Å²) < 4.78 is 16.5. The largest absolute Gasteiger partial charge is 0.467 e. The van der Waals surface area contributed by atoms with Crippen LogP contribution in [0.1, 0.15) is 33.6 Å². The number of esters is 1. The van der Waals surface area contributed by atoms with E-state index in [0.717, 1.165) is 6.42 Å². The van der Waals surface area contributed by atoms with Gasteiger partial charge >= 0.3 is 5.97 Å². The van der Waals surface area contributed by atoms with Crippen molar-refractivity contribution in [2.24, 2.45) is 0 Å². The van der Waals surface area contributed by atoms with E-state index in [9.17, 15) is 4.79 Å². The summed E-state index contributed by atoms with van der Waals surface area (Å²) in [7, 11) is -0.353. The Morgan fingerprint density at radius 3 is 2.28 bits per heavy atom. The molecule has 0 bridgehead atoms. The van der Waals surface area contributed by atoms with Gasteiger partial charge in [-0.25, -0.2) is 4.79 Å². The van der Waals surface area contributed by atoms with Crippen LogP contribution in [0.5, 0.6) is 0 Å². The maximum absolute atomic E-state index is 11.3. The lowest BCUT2D eigenvalue weighted by Gasteiger charge is -2.40. The van der Waals surface area contributed by atoms with E-state index in [2.05, 4.69) is 38.6 Å². The standard InChI is InChI=1S/C13H26O4Si/c1-13(2,3)18(5,6)17-10-7-8-11(16-9-10)12(14)15-4/h10-11H,7-9H2,1-6H3/t10-,11-/m1/s1. The number of methoxy groups -OCH3 is 1. The fourth-order valence-corrected chi connectivity index (χ4v) is 3.10. The molecule has 106 valence electrons. The van der Waals surface area contributed by atoms with E-state index in [1.54, 1.807) is 0 Å². The van der Waals surface area contributed by atoms with Crippen LogP contribution < -0.4 is 0 Å². The van der Waals surface area contributed by atoms with Crippen molar-refractivity contribution in [2.75, 3.05) is 13.7 Å². The van der Waals surface area contributed by atoms with E-state index in [1.807, 2.05) is 0 Å². The van der Waals surface area contributed by atoms with Gasteiger partial charge in [-0.3, -0.25) is 0 Å². The fraction of sp³-hybridized carbons (Fsp3) is 0.923. The Labute approximate surface area is 111 Å². The number of rotatable bonds is 3. The lowest BCUT2D eigenvalue weighted by molar-refractivity contribution is -0.160. The minimum atomic E-state index is -1.75. The molecular weight excluding hydrogens is 248 g/mol. The molecule has 1 fully saturated rings. The van der Waals surface area contributed by atoms with Crippen LogP contribution in [0.15, 0.2) is 0 Å². The first-order valence-corrected chi connectivity index (χ1v) is 9.45. The van der Waals surface area contributed by atoms with Crippen molar-refractivity contribution in [3.63, 3.8) is 0 Å². The lowest BCUT2D eigenvalue weighted by atomic mass is 10.1. The van der Waals surface area contributed by atoms with Gasteiger partial charge in [0.25, 0.3) is 0 Å². The van der Waals surface area contributed by atoms with Gasteiger partial charge < -0.3 is 13.9 Å². The number of hydrogen-bond donors (Lipinski definition) is 0. The third-order valence-corrected chi connectivity index (χ3v) is 8.50. The zero-order valence-electron chi connectivity index (χ0n) is 12.4. The van der Waals surface area contributed by atoms with E-state index < -0.39 is 14.4 Å². The molecule has 0 aromatic rings. The topological polar surface area (TPSA) is 44.8 Å². The summed E-state index contributed by atoms with van der Waals surface area (Å²) in [5.41, 5.74) is 0. The molecule has 0 amide bonds. The summed E-state index contributed by atoms with van der Waals surface area (Å²) in [5, 5.41) is 0.201. The molecule has 0 spiro atoms. The Bertz CT molecular complexity index is 288. The van der Waals surface area contributed by atoms with Gasteiger partial charge in [-0.15, -0.1) is 0 Å². The molecule has 0 radical (unpaired) electrons. The van der Waals surface area contributed by atoms with Crippen LogP contribution in [0.25, 0.3) is 0 Å². The zero-order chi connectivity index (χ0) is 14.0. The van der Waals surface area contributed by atoms with Crippen molar-refractivity contribution < 1.29 is 18.7 Å². The van der Waals surface area contributed by atoms with Gasteiger partial charge in [-0.1, -0.05) is 20.8 Å². The Morgan fingerprint density at radius 2 is 1.89 bits per heavy atom. The Morgan fingerprint density at radius 1 is 1.28 bits per heavy atom. The minimum Gasteiger partial charge on any atom is -0.467 e. The second kappa shape index (κ2) is 5.71. The van der Waals surface area contributed by atoms with Gasteiger partial charge in [-0.2, -0.15) is 0 Å². The average molecular weight is 274 g/mol. The molecule has 18 heavy (non-hydrogen) atoms. The summed E-state index contributed by atoms with van der Waals surface area (Å²) >= 11 is 0. The maximum Gasteiger partial charge on any atom is 0.334 e. The molecular formula is C13H26O4Si. The smallest absolute Gasteiger partial charge is 0.334 e. The van der Waals surface area contributed by atoms with Crippen molar-refractivity contribution in [1.82, 2.24) is 0 Å². The van der Waals surface area contributed by atoms with Gasteiger partial charge in [-0.05, 0) is 31.0 Å². The summed E-state index contributed by atoms with van der Waals surface area (Å²) in [6.07, 6.45) is 1.26. The predicted molar refractivity (Wildman–Crippen MR) is 73.1 cm³/mol. The molecule has 0 unspecified atom stereocenters. The van der Waals surface area contributed by atoms with Gasteiger partial charge in [0, 0.05) is 0 Å². The second-order valence-electron chi connectivity index (χ2n) is 6.42. The third-order valence-electron chi connectivity index (χ3n) is 3.97. The predicted octanol–water partition coefficient (Wildman–Crippen LogP) is 2.73. The monoisotopic (exact) mass is 274 g/mol. The van der Waals surface area contributed by atoms with Gasteiger partial charge in [0.15, 0.2) is 14.4 Å². The van der Waals surface area contributed by atoms with Crippen molar-refractivity contribution in [3.05, 3.63) is 0 Å². The lowest BCUT2D eigenvalue weighted by Crippen LogP contribution is -2.47. The normalized spacial score (nSPS) is 25.9. The van der Waals surface area contributed by atoms with Crippen molar-refractivity contribution in [3.8, 4) is 0 Å². The molecule has 1 rings (SSSR count). The van der Waals surface area contributed by atoms with Crippen LogP contribution in [0.3, 0.4) is 0 Å². The summed E-state index contributed by atoms with van der Waals surface area (Å²) in [6, 6.07) is 0. The van der Waals surface area contributed by atoms with E-state index in [-0.39, 0.29) is 17.1 Å². The summed E-state index contributed by atoms with van der Waals surface area (Å²) in [5.74, 6) is -0.277. The summed E-state index contributed by atoms with van der Waals surface area (Å²) in [6.45, 7) is 11.6. The van der Waals surface area contributed by atoms with Gasteiger partial charge in [0.05, 0.1) is 19.8 Å². The van der Waals surface area contributed by atoms with Crippen LogP contribution in [0, 0.1) is 0 Å². The number of carbonyl (C=O) groups is 1. The van der Waals surface area contributed by atoms with Crippen LogP contribution in [0.2, 0.25) is 18.1 Å². The maximum atomic E-state index is 11.3. The van der Waals surface area contributed by atoms with Crippen molar-refractivity contribution in [1.29, 1.82) is 0 Å². The molecule has 1 saturated heterocycles. The van der Waals surface area contributed by atoms with Crippen molar-refractivity contribution >= 4 is 14.3 Å². The SMILES string of the molecule is COC(=O)[C@H]1CC[C@@H](O[Si](C)(C)C(C)(C)C)CO1. The summed E-state index contributed by atoms with van der Waals surface area (Å²) in [4.78, 5) is 11.3. The molecule has 1 heterocycles. The van der Waals surface area contributed by atoms with Gasteiger partial charge in [0.2, 0.25) is 0 Å². The van der Waals surface area contributed by atoms with Crippen LogP contribution in [-0.4, -0.2) is 40.2 Å².